The predicted octanol–water partition coefficient (Wildman–Crippen LogP) is 3.32. The van der Waals surface area contributed by atoms with Gasteiger partial charge in [0.2, 0.25) is 0 Å². The van der Waals surface area contributed by atoms with E-state index >= 15 is 0 Å². The maximum absolute atomic E-state index is 10.9. The SMILES string of the molecule is Nc1ccc(OCCNc2c(Cl)cccc2[N+](=O)[O-])cc1. The Morgan fingerprint density at radius 1 is 1.24 bits per heavy atom. The summed E-state index contributed by atoms with van der Waals surface area (Å²) < 4.78 is 5.49. The van der Waals surface area contributed by atoms with Crippen LogP contribution in [-0.4, -0.2) is 18.1 Å². The highest BCUT2D eigenvalue weighted by molar-refractivity contribution is 6.33. The molecule has 0 saturated carbocycles. The molecular weight excluding hydrogens is 294 g/mol. The van der Waals surface area contributed by atoms with Gasteiger partial charge in [-0.25, -0.2) is 0 Å². The number of benzene rings is 2. The fraction of sp³-hybridized carbons (Fsp3) is 0.143. The van der Waals surface area contributed by atoms with Crippen LogP contribution in [0.15, 0.2) is 42.5 Å². The zero-order chi connectivity index (χ0) is 15.2. The van der Waals surface area contributed by atoms with E-state index in [1.807, 2.05) is 0 Å². The van der Waals surface area contributed by atoms with Crippen LogP contribution in [0.2, 0.25) is 5.02 Å². The molecule has 0 atom stereocenters. The molecule has 2 aromatic carbocycles. The van der Waals surface area contributed by atoms with Crippen molar-refractivity contribution in [2.24, 2.45) is 0 Å². The highest BCUT2D eigenvalue weighted by Gasteiger charge is 2.15. The van der Waals surface area contributed by atoms with Gasteiger partial charge in [-0.05, 0) is 30.3 Å². The number of nitro benzene ring substituents is 1. The van der Waals surface area contributed by atoms with Crippen molar-refractivity contribution in [1.82, 2.24) is 0 Å². The molecule has 0 bridgehead atoms. The summed E-state index contributed by atoms with van der Waals surface area (Å²) in [7, 11) is 0. The van der Waals surface area contributed by atoms with Crippen LogP contribution in [0.1, 0.15) is 0 Å². The Morgan fingerprint density at radius 3 is 2.62 bits per heavy atom. The van der Waals surface area contributed by atoms with Gasteiger partial charge in [0.25, 0.3) is 5.69 Å². The van der Waals surface area contributed by atoms with Crippen LogP contribution in [0.25, 0.3) is 0 Å². The number of nitro groups is 1. The normalized spacial score (nSPS) is 10.1. The first kappa shape index (κ1) is 14.9. The summed E-state index contributed by atoms with van der Waals surface area (Å²) >= 11 is 5.97. The number of ether oxygens (including phenoxy) is 1. The number of nitrogen functional groups attached to an aromatic ring is 1. The number of hydrogen-bond acceptors (Lipinski definition) is 5. The molecule has 6 nitrogen and oxygen atoms in total. The van der Waals surface area contributed by atoms with Crippen molar-refractivity contribution in [3.8, 4) is 5.75 Å². The van der Waals surface area contributed by atoms with Crippen molar-refractivity contribution in [3.05, 3.63) is 57.6 Å². The van der Waals surface area contributed by atoms with Crippen molar-refractivity contribution in [3.63, 3.8) is 0 Å². The number of rotatable bonds is 6. The lowest BCUT2D eigenvalue weighted by Gasteiger charge is -2.10. The lowest BCUT2D eigenvalue weighted by atomic mass is 10.2. The van der Waals surface area contributed by atoms with Crippen LogP contribution in [0.5, 0.6) is 5.75 Å². The number of anilines is 2. The van der Waals surface area contributed by atoms with Gasteiger partial charge in [0.05, 0.1) is 9.95 Å². The third kappa shape index (κ3) is 4.00. The molecule has 0 amide bonds. The minimum atomic E-state index is -0.477. The van der Waals surface area contributed by atoms with E-state index in [0.717, 1.165) is 0 Å². The van der Waals surface area contributed by atoms with E-state index in [2.05, 4.69) is 5.32 Å². The summed E-state index contributed by atoms with van der Waals surface area (Å²) in [6.07, 6.45) is 0. The monoisotopic (exact) mass is 307 g/mol. The van der Waals surface area contributed by atoms with Gasteiger partial charge in [-0.2, -0.15) is 0 Å². The molecule has 0 unspecified atom stereocenters. The molecule has 21 heavy (non-hydrogen) atoms. The molecule has 0 aliphatic rings. The zero-order valence-electron chi connectivity index (χ0n) is 11.1. The van der Waals surface area contributed by atoms with Gasteiger partial charge >= 0.3 is 0 Å². The van der Waals surface area contributed by atoms with Crippen molar-refractivity contribution >= 4 is 28.7 Å². The molecule has 110 valence electrons. The van der Waals surface area contributed by atoms with E-state index in [0.29, 0.717) is 35.3 Å². The first-order valence-electron chi connectivity index (χ1n) is 6.23. The van der Waals surface area contributed by atoms with Gasteiger partial charge < -0.3 is 15.8 Å². The summed E-state index contributed by atoms with van der Waals surface area (Å²) in [5.74, 6) is 0.680. The van der Waals surface area contributed by atoms with Gasteiger partial charge in [0.15, 0.2) is 0 Å². The van der Waals surface area contributed by atoms with E-state index in [4.69, 9.17) is 22.1 Å². The summed E-state index contributed by atoms with van der Waals surface area (Å²) in [4.78, 5) is 10.4. The van der Waals surface area contributed by atoms with E-state index in [9.17, 15) is 10.1 Å². The molecule has 0 heterocycles. The second-order valence-electron chi connectivity index (χ2n) is 4.24. The standard InChI is InChI=1S/C14H14ClN3O3/c15-12-2-1-3-13(18(19)20)14(12)17-8-9-21-11-6-4-10(16)5-7-11/h1-7,17H,8-9,16H2. The molecule has 0 radical (unpaired) electrons. The van der Waals surface area contributed by atoms with E-state index in [1.54, 1.807) is 30.3 Å². The number of para-hydroxylation sites is 1. The molecular formula is C14H14ClN3O3. The number of nitrogens with two attached hydrogens (primary N) is 1. The number of halogens is 1. The van der Waals surface area contributed by atoms with Crippen LogP contribution in [0, 0.1) is 10.1 Å². The molecule has 7 heteroatoms. The molecule has 2 aromatic rings. The first-order valence-corrected chi connectivity index (χ1v) is 6.61. The van der Waals surface area contributed by atoms with Gasteiger partial charge in [0, 0.05) is 18.3 Å². The number of hydrogen-bond donors (Lipinski definition) is 2. The second kappa shape index (κ2) is 6.81. The Bertz CT molecular complexity index is 632. The second-order valence-corrected chi connectivity index (χ2v) is 4.64. The zero-order valence-corrected chi connectivity index (χ0v) is 11.8. The Kier molecular flexibility index (Phi) is 4.84. The Labute approximate surface area is 126 Å². The van der Waals surface area contributed by atoms with Crippen LogP contribution < -0.4 is 15.8 Å². The van der Waals surface area contributed by atoms with Crippen LogP contribution in [0.3, 0.4) is 0 Å². The van der Waals surface area contributed by atoms with Crippen LogP contribution in [-0.2, 0) is 0 Å². The first-order chi connectivity index (χ1) is 10.1. The molecule has 3 N–H and O–H groups in total. The molecule has 0 saturated heterocycles. The minimum Gasteiger partial charge on any atom is -0.492 e. The van der Waals surface area contributed by atoms with Crippen LogP contribution in [0.4, 0.5) is 17.1 Å². The van der Waals surface area contributed by atoms with Crippen molar-refractivity contribution in [1.29, 1.82) is 0 Å². The highest BCUT2D eigenvalue weighted by atomic mass is 35.5. The van der Waals surface area contributed by atoms with Crippen molar-refractivity contribution in [2.45, 2.75) is 0 Å². The highest BCUT2D eigenvalue weighted by Crippen LogP contribution is 2.31. The maximum Gasteiger partial charge on any atom is 0.293 e. The predicted molar refractivity (Wildman–Crippen MR) is 82.9 cm³/mol. The molecule has 0 spiro atoms. The number of nitrogens with one attached hydrogen (secondary N) is 1. The lowest BCUT2D eigenvalue weighted by molar-refractivity contribution is -0.383. The maximum atomic E-state index is 10.9. The minimum absolute atomic E-state index is 0.0602. The van der Waals surface area contributed by atoms with Gasteiger partial charge in [-0.3, -0.25) is 10.1 Å². The quantitative estimate of drug-likeness (QED) is 0.370. The fourth-order valence-electron chi connectivity index (χ4n) is 1.75. The molecule has 0 aromatic heterocycles. The molecule has 0 aliphatic carbocycles. The van der Waals surface area contributed by atoms with E-state index < -0.39 is 4.92 Å². The smallest absolute Gasteiger partial charge is 0.293 e. The molecule has 0 aliphatic heterocycles. The molecule has 0 fully saturated rings. The summed E-state index contributed by atoms with van der Waals surface area (Å²) in [6, 6.07) is 11.5. The molecule has 2 rings (SSSR count). The fourth-order valence-corrected chi connectivity index (χ4v) is 1.99. The van der Waals surface area contributed by atoms with Crippen LogP contribution >= 0.6 is 11.6 Å². The van der Waals surface area contributed by atoms with Crippen molar-refractivity contribution in [2.75, 3.05) is 24.2 Å². The van der Waals surface area contributed by atoms with Gasteiger partial charge in [0.1, 0.15) is 18.0 Å². The summed E-state index contributed by atoms with van der Waals surface area (Å²) in [6.45, 7) is 0.723. The van der Waals surface area contributed by atoms with Gasteiger partial charge in [-0.1, -0.05) is 17.7 Å². The third-order valence-corrected chi connectivity index (χ3v) is 3.06. The summed E-state index contributed by atoms with van der Waals surface area (Å²) in [5, 5.41) is 14.1. The largest absolute Gasteiger partial charge is 0.492 e. The third-order valence-electron chi connectivity index (χ3n) is 2.74. The Hall–Kier alpha value is -2.47. The average molecular weight is 308 g/mol. The number of nitrogens with zero attached hydrogens (tertiary/aromatic N) is 1. The lowest BCUT2D eigenvalue weighted by Crippen LogP contribution is -2.12. The topological polar surface area (TPSA) is 90.4 Å². The summed E-state index contributed by atoms with van der Waals surface area (Å²) in [5.41, 5.74) is 6.47. The van der Waals surface area contributed by atoms with Gasteiger partial charge in [-0.15, -0.1) is 0 Å². The Balaban J connectivity index is 1.92. The average Bonchev–Trinajstić information content (AvgIpc) is 2.46. The van der Waals surface area contributed by atoms with E-state index in [-0.39, 0.29) is 5.69 Å². The van der Waals surface area contributed by atoms with E-state index in [1.165, 1.54) is 12.1 Å². The Morgan fingerprint density at radius 2 is 1.95 bits per heavy atom. The van der Waals surface area contributed by atoms with Crippen molar-refractivity contribution < 1.29 is 9.66 Å².